The van der Waals surface area contributed by atoms with Gasteiger partial charge in [0.1, 0.15) is 5.75 Å². The second-order valence-corrected chi connectivity index (χ2v) is 9.65. The van der Waals surface area contributed by atoms with Crippen LogP contribution in [0.4, 0.5) is 0 Å². The second-order valence-electron chi connectivity index (χ2n) is 9.65. The van der Waals surface area contributed by atoms with Crippen molar-refractivity contribution in [3.8, 4) is 5.75 Å². The average Bonchev–Trinajstić information content (AvgIpc) is 3.37. The van der Waals surface area contributed by atoms with Crippen LogP contribution in [0.5, 0.6) is 5.75 Å². The van der Waals surface area contributed by atoms with E-state index in [1.165, 1.54) is 51.5 Å². The van der Waals surface area contributed by atoms with Gasteiger partial charge in [0.05, 0.1) is 18.2 Å². The van der Waals surface area contributed by atoms with Gasteiger partial charge in [0.15, 0.2) is 0 Å². The Bertz CT molecular complexity index is 914. The Morgan fingerprint density at radius 1 is 1.10 bits per heavy atom. The molecule has 5 nitrogen and oxygen atoms in total. The van der Waals surface area contributed by atoms with Crippen LogP contribution in [0, 0.1) is 5.92 Å². The molecule has 0 bridgehead atoms. The zero-order valence-corrected chi connectivity index (χ0v) is 18.5. The van der Waals surface area contributed by atoms with E-state index in [2.05, 4.69) is 33.6 Å². The molecule has 1 amide bonds. The highest BCUT2D eigenvalue weighted by Crippen LogP contribution is 2.34. The molecule has 1 aliphatic carbocycles. The predicted octanol–water partition coefficient (Wildman–Crippen LogP) is 4.54. The molecule has 3 aliphatic rings. The van der Waals surface area contributed by atoms with Crippen molar-refractivity contribution in [3.05, 3.63) is 30.0 Å². The van der Waals surface area contributed by atoms with E-state index in [9.17, 15) is 4.79 Å². The molecule has 3 heterocycles. The maximum atomic E-state index is 13.8. The van der Waals surface area contributed by atoms with Crippen LogP contribution in [-0.4, -0.2) is 59.1 Å². The third kappa shape index (κ3) is 3.51. The Balaban J connectivity index is 1.49. The summed E-state index contributed by atoms with van der Waals surface area (Å²) in [5, 5.41) is 1.04. The third-order valence-corrected chi connectivity index (χ3v) is 7.69. The third-order valence-electron chi connectivity index (χ3n) is 7.69. The van der Waals surface area contributed by atoms with Gasteiger partial charge in [-0.3, -0.25) is 9.69 Å². The van der Waals surface area contributed by atoms with E-state index >= 15 is 0 Å². The minimum absolute atomic E-state index is 0.190. The van der Waals surface area contributed by atoms with E-state index in [0.29, 0.717) is 12.0 Å². The molecule has 0 unspecified atom stereocenters. The molecule has 162 valence electrons. The lowest BCUT2D eigenvalue weighted by atomic mass is 9.89. The highest BCUT2D eigenvalue weighted by atomic mass is 16.5. The van der Waals surface area contributed by atoms with Gasteiger partial charge in [-0.2, -0.15) is 0 Å². The summed E-state index contributed by atoms with van der Waals surface area (Å²) in [7, 11) is 1.73. The first-order valence-electron chi connectivity index (χ1n) is 11.9. The van der Waals surface area contributed by atoms with Crippen molar-refractivity contribution in [2.24, 2.45) is 5.92 Å². The van der Waals surface area contributed by atoms with Crippen LogP contribution < -0.4 is 4.74 Å². The zero-order chi connectivity index (χ0) is 20.7. The van der Waals surface area contributed by atoms with Crippen molar-refractivity contribution in [2.75, 3.05) is 26.7 Å². The van der Waals surface area contributed by atoms with Crippen LogP contribution in [0.1, 0.15) is 62.2 Å². The first kappa shape index (κ1) is 19.9. The normalized spacial score (nSPS) is 25.6. The number of hydrogen-bond acceptors (Lipinski definition) is 3. The van der Waals surface area contributed by atoms with Gasteiger partial charge in [0.2, 0.25) is 0 Å². The van der Waals surface area contributed by atoms with Crippen LogP contribution in [0.25, 0.3) is 10.9 Å². The number of piperazine rings is 1. The van der Waals surface area contributed by atoms with Gasteiger partial charge >= 0.3 is 0 Å². The van der Waals surface area contributed by atoms with Crippen molar-refractivity contribution >= 4 is 16.8 Å². The molecule has 2 aliphatic heterocycles. The number of ether oxygens (including phenoxy) is 1. The Morgan fingerprint density at radius 3 is 2.73 bits per heavy atom. The molecule has 0 spiro atoms. The van der Waals surface area contributed by atoms with Gasteiger partial charge in [-0.15, -0.1) is 0 Å². The molecule has 2 aromatic rings. The molecule has 0 radical (unpaired) electrons. The Kier molecular flexibility index (Phi) is 5.48. The van der Waals surface area contributed by atoms with Crippen LogP contribution in [0.15, 0.2) is 24.4 Å². The molecule has 5 rings (SSSR count). The zero-order valence-electron chi connectivity index (χ0n) is 18.5. The summed E-state index contributed by atoms with van der Waals surface area (Å²) in [6.45, 7) is 6.24. The van der Waals surface area contributed by atoms with Crippen molar-refractivity contribution in [1.29, 1.82) is 0 Å². The summed E-state index contributed by atoms with van der Waals surface area (Å²) in [5.41, 5.74) is 1.93. The van der Waals surface area contributed by atoms with Crippen molar-refractivity contribution in [3.63, 3.8) is 0 Å². The fourth-order valence-electron chi connectivity index (χ4n) is 6.08. The monoisotopic (exact) mass is 409 g/mol. The molecule has 0 N–H and O–H groups in total. The lowest BCUT2D eigenvalue weighted by Crippen LogP contribution is -2.56. The van der Waals surface area contributed by atoms with E-state index in [1.54, 1.807) is 7.11 Å². The number of amides is 1. The molecule has 1 saturated carbocycles. The van der Waals surface area contributed by atoms with Gasteiger partial charge in [-0.05, 0) is 51.1 Å². The molecule has 2 atom stereocenters. The smallest absolute Gasteiger partial charge is 0.256 e. The number of aromatic nitrogens is 1. The van der Waals surface area contributed by atoms with Gasteiger partial charge in [0.25, 0.3) is 5.91 Å². The van der Waals surface area contributed by atoms with Crippen LogP contribution in [-0.2, 0) is 6.54 Å². The molecule has 5 heteroatoms. The molecule has 3 fully saturated rings. The van der Waals surface area contributed by atoms with E-state index in [0.717, 1.165) is 41.9 Å². The Morgan fingerprint density at radius 2 is 1.93 bits per heavy atom. The summed E-state index contributed by atoms with van der Waals surface area (Å²) < 4.78 is 8.03. The molecule has 2 saturated heterocycles. The van der Waals surface area contributed by atoms with Gasteiger partial charge < -0.3 is 14.2 Å². The summed E-state index contributed by atoms with van der Waals surface area (Å²) in [6.07, 6.45) is 11.2. The number of carbonyl (C=O) groups is 1. The number of hydrogen-bond donors (Lipinski definition) is 0. The topological polar surface area (TPSA) is 37.7 Å². The average molecular weight is 410 g/mol. The quantitative estimate of drug-likeness (QED) is 0.744. The fraction of sp³-hybridized carbons (Fsp3) is 0.640. The highest BCUT2D eigenvalue weighted by molar-refractivity contribution is 6.08. The minimum atomic E-state index is 0.190. The number of methoxy groups -OCH3 is 1. The SMILES string of the molecule is COc1cccc2c(C(=O)N3C[C@@H]4CCCN4C[C@H]3C)cn(CC3CCCCC3)c12. The highest BCUT2D eigenvalue weighted by Gasteiger charge is 2.37. The first-order chi connectivity index (χ1) is 14.7. The van der Waals surface area contributed by atoms with E-state index in [-0.39, 0.29) is 11.9 Å². The maximum absolute atomic E-state index is 13.8. The molecule has 30 heavy (non-hydrogen) atoms. The molecule has 1 aromatic carbocycles. The predicted molar refractivity (Wildman–Crippen MR) is 120 cm³/mol. The van der Waals surface area contributed by atoms with Crippen LogP contribution in [0.3, 0.4) is 0 Å². The summed E-state index contributed by atoms with van der Waals surface area (Å²) >= 11 is 0. The Labute approximate surface area is 180 Å². The van der Waals surface area contributed by atoms with Crippen LogP contribution in [0.2, 0.25) is 0 Å². The standard InChI is InChI=1S/C25H35N3O2/c1-18-14-26-13-7-10-20(26)16-28(18)25(29)22-17-27(15-19-8-4-3-5-9-19)24-21(22)11-6-12-23(24)30-2/h6,11-12,17-20H,3-5,7-10,13-16H2,1-2H3/t18-,20+/m1/s1. The molecule has 1 aromatic heterocycles. The Hall–Kier alpha value is -2.01. The van der Waals surface area contributed by atoms with Crippen molar-refractivity contribution < 1.29 is 9.53 Å². The summed E-state index contributed by atoms with van der Waals surface area (Å²) in [5.74, 6) is 1.76. The summed E-state index contributed by atoms with van der Waals surface area (Å²) in [4.78, 5) is 18.5. The lowest BCUT2D eigenvalue weighted by Gasteiger charge is -2.42. The number of rotatable bonds is 4. The fourth-order valence-corrected chi connectivity index (χ4v) is 6.08. The molecular weight excluding hydrogens is 374 g/mol. The maximum Gasteiger partial charge on any atom is 0.256 e. The first-order valence-corrected chi connectivity index (χ1v) is 11.9. The molecular formula is C25H35N3O2. The van der Waals surface area contributed by atoms with Gasteiger partial charge in [0, 0.05) is 43.3 Å². The second kappa shape index (κ2) is 8.26. The van der Waals surface area contributed by atoms with E-state index in [1.807, 2.05) is 12.1 Å². The number of para-hydroxylation sites is 1. The number of carbonyl (C=O) groups excluding carboxylic acids is 1. The van der Waals surface area contributed by atoms with Gasteiger partial charge in [-0.1, -0.05) is 31.4 Å². The van der Waals surface area contributed by atoms with Crippen molar-refractivity contribution in [1.82, 2.24) is 14.4 Å². The van der Waals surface area contributed by atoms with E-state index in [4.69, 9.17) is 4.74 Å². The lowest BCUT2D eigenvalue weighted by molar-refractivity contribution is 0.0397. The number of nitrogens with zero attached hydrogens (tertiary/aromatic N) is 3. The van der Waals surface area contributed by atoms with Crippen LogP contribution >= 0.6 is 0 Å². The van der Waals surface area contributed by atoms with E-state index < -0.39 is 0 Å². The number of fused-ring (bicyclic) bond motifs is 2. The number of benzene rings is 1. The minimum Gasteiger partial charge on any atom is -0.495 e. The largest absolute Gasteiger partial charge is 0.495 e. The van der Waals surface area contributed by atoms with Crippen molar-refractivity contribution in [2.45, 2.75) is 70.5 Å². The summed E-state index contributed by atoms with van der Waals surface area (Å²) in [6, 6.07) is 6.93. The van der Waals surface area contributed by atoms with Gasteiger partial charge in [-0.25, -0.2) is 0 Å².